The molecule has 0 unspecified atom stereocenters. The first-order valence-electron chi connectivity index (χ1n) is 8.82. The molecule has 2 heterocycles. The van der Waals surface area contributed by atoms with E-state index in [-0.39, 0.29) is 6.61 Å². The van der Waals surface area contributed by atoms with Gasteiger partial charge in [-0.1, -0.05) is 35.4 Å². The Morgan fingerprint density at radius 2 is 2.00 bits per heavy atom. The fraction of sp³-hybridized carbons (Fsp3) is 0.611. The van der Waals surface area contributed by atoms with Crippen LogP contribution in [0.5, 0.6) is 0 Å². The van der Waals surface area contributed by atoms with E-state index in [4.69, 9.17) is 29.2 Å². The monoisotopic (exact) mass is 393 g/mol. The Labute approximate surface area is 161 Å². The Balaban J connectivity index is 1.88. The summed E-state index contributed by atoms with van der Waals surface area (Å²) in [4.78, 5) is 14.4. The molecular weight excluding hydrogens is 370 g/mol. The summed E-state index contributed by atoms with van der Waals surface area (Å²) < 4.78 is 28.8. The lowest BCUT2D eigenvalue weighted by Crippen LogP contribution is -2.48. The minimum atomic E-state index is -1.51. The van der Waals surface area contributed by atoms with Crippen LogP contribution in [0.15, 0.2) is 35.4 Å². The molecule has 10 nitrogen and oxygen atoms in total. The largest absolute Gasteiger partial charge is 0.481 e. The first-order valence-corrected chi connectivity index (χ1v) is 8.82. The number of methoxy groups -OCH3 is 1. The van der Waals surface area contributed by atoms with E-state index in [2.05, 4.69) is 10.0 Å². The first kappa shape index (κ1) is 20.5. The number of nitrogens with zero attached hydrogens (tertiary/aromatic N) is 3. The molecule has 10 heteroatoms. The van der Waals surface area contributed by atoms with Gasteiger partial charge in [-0.15, -0.1) is 0 Å². The molecule has 0 saturated carbocycles. The van der Waals surface area contributed by atoms with Gasteiger partial charge in [-0.3, -0.25) is 4.79 Å². The zero-order valence-electron chi connectivity index (χ0n) is 15.8. The van der Waals surface area contributed by atoms with Gasteiger partial charge in [0.15, 0.2) is 18.1 Å². The topological polar surface area (TPSA) is 132 Å². The number of benzene rings is 1. The van der Waals surface area contributed by atoms with E-state index in [1.54, 1.807) is 13.8 Å². The summed E-state index contributed by atoms with van der Waals surface area (Å²) in [6.45, 7) is 3.60. The molecule has 1 aromatic carbocycles. The normalized spacial score (nSPS) is 30.2. The Bertz CT molecular complexity index is 736. The van der Waals surface area contributed by atoms with Crippen LogP contribution in [-0.2, 0) is 35.1 Å². The molecule has 3 rings (SSSR count). The number of rotatable bonds is 8. The number of hydrogen-bond acceptors (Lipinski definition) is 7. The summed E-state index contributed by atoms with van der Waals surface area (Å²) >= 11 is 0. The van der Waals surface area contributed by atoms with Crippen molar-refractivity contribution in [1.29, 1.82) is 0 Å². The van der Waals surface area contributed by atoms with Crippen molar-refractivity contribution < 1.29 is 33.6 Å². The molecule has 28 heavy (non-hydrogen) atoms. The number of carbonyl (C=O) groups is 1. The fourth-order valence-corrected chi connectivity index (χ4v) is 3.49. The third-order valence-electron chi connectivity index (χ3n) is 4.63. The summed E-state index contributed by atoms with van der Waals surface area (Å²) in [5, 5.41) is 13.0. The van der Waals surface area contributed by atoms with Gasteiger partial charge in [0.05, 0.1) is 6.61 Å². The van der Waals surface area contributed by atoms with Crippen molar-refractivity contribution in [3.8, 4) is 0 Å². The quantitative estimate of drug-likeness (QED) is 0.407. The smallest absolute Gasteiger partial charge is 0.315 e. The molecule has 0 spiro atoms. The second-order valence-corrected chi connectivity index (χ2v) is 7.02. The average Bonchev–Trinajstić information content (AvgIpc) is 3.15. The van der Waals surface area contributed by atoms with Crippen LogP contribution < -0.4 is 0 Å². The third kappa shape index (κ3) is 4.27. The summed E-state index contributed by atoms with van der Waals surface area (Å²) in [6, 6.07) is 7.72. The number of fused-ring (bicyclic) bond motifs is 1. The van der Waals surface area contributed by atoms with Crippen molar-refractivity contribution in [3.05, 3.63) is 46.3 Å². The van der Waals surface area contributed by atoms with Gasteiger partial charge >= 0.3 is 5.97 Å². The number of hydrogen-bond donors (Lipinski definition) is 1. The van der Waals surface area contributed by atoms with Crippen molar-refractivity contribution in [1.82, 2.24) is 0 Å². The van der Waals surface area contributed by atoms with Crippen LogP contribution in [0.1, 0.15) is 19.4 Å². The first-order chi connectivity index (χ1) is 13.4. The maximum atomic E-state index is 11.8. The van der Waals surface area contributed by atoms with Gasteiger partial charge in [-0.25, -0.2) is 0 Å². The average molecular weight is 393 g/mol. The lowest BCUT2D eigenvalue weighted by molar-refractivity contribution is -0.242. The Morgan fingerprint density at radius 3 is 2.61 bits per heavy atom. The van der Waals surface area contributed by atoms with E-state index in [0.29, 0.717) is 0 Å². The molecule has 0 aromatic heterocycles. The van der Waals surface area contributed by atoms with E-state index in [1.807, 2.05) is 30.3 Å². The lowest BCUT2D eigenvalue weighted by atomic mass is 10.00. The number of aliphatic carboxylic acids is 1. The molecule has 6 atom stereocenters. The maximum Gasteiger partial charge on any atom is 0.315 e. The van der Waals surface area contributed by atoms with Gasteiger partial charge in [0, 0.05) is 12.0 Å². The van der Waals surface area contributed by atoms with E-state index in [9.17, 15) is 9.90 Å². The van der Waals surface area contributed by atoms with Gasteiger partial charge in [0.2, 0.25) is 0 Å². The SMILES string of the molecule is CO[C@@H]1O[C@H]([C@@H](OCc2ccccc2)[C@H](N=[N+]=[N-])C(=O)O)[C@H]2OC(C)(C)O[C@@H]12. The molecule has 2 saturated heterocycles. The standard InChI is InChI=1S/C18H23N3O7/c1-18(2)27-14-13(26-17(24-3)15(14)28-18)12(11(16(22)23)20-21-19)25-9-10-7-5-4-6-8-10/h4-8,11-15,17H,9H2,1-3H3,(H,22,23)/t11-,12-,13+,14+,15+,17+/m0/s1. The third-order valence-corrected chi connectivity index (χ3v) is 4.63. The lowest BCUT2D eigenvalue weighted by Gasteiger charge is -2.30. The number of azide groups is 1. The van der Waals surface area contributed by atoms with E-state index >= 15 is 0 Å². The van der Waals surface area contributed by atoms with Crippen molar-refractivity contribution in [2.75, 3.05) is 7.11 Å². The van der Waals surface area contributed by atoms with Gasteiger partial charge in [-0.05, 0) is 24.9 Å². The summed E-state index contributed by atoms with van der Waals surface area (Å²) in [6.07, 6.45) is -3.95. The summed E-state index contributed by atoms with van der Waals surface area (Å²) in [5.41, 5.74) is 9.68. The van der Waals surface area contributed by atoms with Gasteiger partial charge < -0.3 is 28.8 Å². The molecule has 2 fully saturated rings. The predicted molar refractivity (Wildman–Crippen MR) is 95.1 cm³/mol. The van der Waals surface area contributed by atoms with E-state index in [0.717, 1.165) is 5.56 Å². The Kier molecular flexibility index (Phi) is 6.19. The van der Waals surface area contributed by atoms with Gasteiger partial charge in [-0.2, -0.15) is 0 Å². The molecular formula is C18H23N3O7. The minimum absolute atomic E-state index is 0.107. The number of carboxylic acid groups (broad SMARTS) is 1. The van der Waals surface area contributed by atoms with Crippen LogP contribution in [0.25, 0.3) is 10.4 Å². The van der Waals surface area contributed by atoms with E-state index < -0.39 is 48.5 Å². The summed E-state index contributed by atoms with van der Waals surface area (Å²) in [5.74, 6) is -2.22. The van der Waals surface area contributed by atoms with Crippen LogP contribution in [0.4, 0.5) is 0 Å². The van der Waals surface area contributed by atoms with Crippen LogP contribution in [0, 0.1) is 0 Å². The molecule has 0 aliphatic carbocycles. The second kappa shape index (κ2) is 8.44. The van der Waals surface area contributed by atoms with Crippen molar-refractivity contribution in [2.24, 2.45) is 5.11 Å². The molecule has 2 aliphatic heterocycles. The van der Waals surface area contributed by atoms with Crippen LogP contribution in [0.2, 0.25) is 0 Å². The molecule has 152 valence electrons. The van der Waals surface area contributed by atoms with E-state index in [1.165, 1.54) is 7.11 Å². The zero-order chi connectivity index (χ0) is 20.3. The Morgan fingerprint density at radius 1 is 1.32 bits per heavy atom. The Hall–Kier alpha value is -2.20. The number of ether oxygens (including phenoxy) is 5. The molecule has 0 radical (unpaired) electrons. The minimum Gasteiger partial charge on any atom is -0.481 e. The number of carboxylic acids is 1. The fourth-order valence-electron chi connectivity index (χ4n) is 3.49. The zero-order valence-corrected chi connectivity index (χ0v) is 15.8. The molecule has 1 N–H and O–H groups in total. The highest BCUT2D eigenvalue weighted by Crippen LogP contribution is 2.41. The molecule has 0 bridgehead atoms. The van der Waals surface area contributed by atoms with Crippen molar-refractivity contribution in [3.63, 3.8) is 0 Å². The van der Waals surface area contributed by atoms with Crippen LogP contribution in [-0.4, -0.2) is 60.7 Å². The second-order valence-electron chi connectivity index (χ2n) is 7.02. The highest BCUT2D eigenvalue weighted by atomic mass is 16.8. The highest BCUT2D eigenvalue weighted by molar-refractivity contribution is 5.74. The van der Waals surface area contributed by atoms with Gasteiger partial charge in [0.25, 0.3) is 0 Å². The van der Waals surface area contributed by atoms with Gasteiger partial charge in [0.1, 0.15) is 24.4 Å². The van der Waals surface area contributed by atoms with Crippen molar-refractivity contribution in [2.45, 2.75) is 63.0 Å². The predicted octanol–water partition coefficient (Wildman–Crippen LogP) is 2.23. The van der Waals surface area contributed by atoms with Crippen LogP contribution in [0.3, 0.4) is 0 Å². The van der Waals surface area contributed by atoms with Crippen LogP contribution >= 0.6 is 0 Å². The highest BCUT2D eigenvalue weighted by Gasteiger charge is 2.59. The molecule has 0 amide bonds. The maximum absolute atomic E-state index is 11.8. The van der Waals surface area contributed by atoms with Crippen molar-refractivity contribution >= 4 is 5.97 Å². The summed E-state index contributed by atoms with van der Waals surface area (Å²) in [7, 11) is 1.46. The molecule has 1 aromatic rings. The molecule has 2 aliphatic rings.